The summed E-state index contributed by atoms with van der Waals surface area (Å²) in [6.45, 7) is 0.134. The first-order chi connectivity index (χ1) is 10.5. The van der Waals surface area contributed by atoms with Gasteiger partial charge in [-0.1, -0.05) is 12.1 Å². The number of alkyl halides is 6. The molecule has 0 N–H and O–H groups in total. The third-order valence-corrected chi connectivity index (χ3v) is 3.18. The highest BCUT2D eigenvalue weighted by Crippen LogP contribution is 2.30. The second-order valence-corrected chi connectivity index (χ2v) is 4.87. The van der Waals surface area contributed by atoms with Crippen molar-refractivity contribution in [1.82, 2.24) is 5.06 Å². The van der Waals surface area contributed by atoms with Gasteiger partial charge in [0.15, 0.2) is 0 Å². The van der Waals surface area contributed by atoms with Gasteiger partial charge in [-0.2, -0.15) is 13.2 Å². The molecule has 0 saturated carbocycles. The van der Waals surface area contributed by atoms with Crippen molar-refractivity contribution in [3.63, 3.8) is 0 Å². The Labute approximate surface area is 126 Å². The molecule has 1 unspecified atom stereocenters. The molecule has 0 spiro atoms. The first kappa shape index (κ1) is 17.4. The van der Waals surface area contributed by atoms with Gasteiger partial charge >= 0.3 is 18.5 Å². The van der Waals surface area contributed by atoms with Crippen LogP contribution in [0.4, 0.5) is 26.3 Å². The number of ether oxygens (including phenoxy) is 1. The standard InChI is InChI=1S/C13H11F6NO3/c14-12(15,16)11(21)23-20-6-5-9(7-20)8-1-3-10(4-2-8)22-13(17,18)19/h1-4,9H,5-7H2. The van der Waals surface area contributed by atoms with E-state index in [1.165, 1.54) is 12.1 Å². The lowest BCUT2D eigenvalue weighted by atomic mass is 9.98. The molecule has 4 nitrogen and oxygen atoms in total. The fourth-order valence-corrected chi connectivity index (χ4v) is 2.19. The zero-order valence-corrected chi connectivity index (χ0v) is 11.4. The summed E-state index contributed by atoms with van der Waals surface area (Å²) in [7, 11) is 0. The van der Waals surface area contributed by atoms with Gasteiger partial charge in [0.2, 0.25) is 0 Å². The smallest absolute Gasteiger partial charge is 0.406 e. The number of benzene rings is 1. The first-order valence-electron chi connectivity index (χ1n) is 6.44. The van der Waals surface area contributed by atoms with Crippen LogP contribution in [0.25, 0.3) is 0 Å². The van der Waals surface area contributed by atoms with Crippen LogP contribution in [0.3, 0.4) is 0 Å². The maximum atomic E-state index is 12.1. The fraction of sp³-hybridized carbons (Fsp3) is 0.462. The van der Waals surface area contributed by atoms with Crippen LogP contribution in [0, 0.1) is 0 Å². The molecule has 128 valence electrons. The molecule has 1 aliphatic rings. The van der Waals surface area contributed by atoms with Crippen molar-refractivity contribution < 1.29 is 40.7 Å². The SMILES string of the molecule is O=C(ON1CCC(c2ccc(OC(F)(F)F)cc2)C1)C(F)(F)F. The number of carbonyl (C=O) groups is 1. The summed E-state index contributed by atoms with van der Waals surface area (Å²) in [6, 6.07) is 5.02. The third-order valence-electron chi connectivity index (χ3n) is 3.18. The molecular formula is C13H11F6NO3. The van der Waals surface area contributed by atoms with Crippen LogP contribution in [0.5, 0.6) is 5.75 Å². The minimum Gasteiger partial charge on any atom is -0.406 e. The van der Waals surface area contributed by atoms with Crippen LogP contribution in [-0.4, -0.2) is 36.7 Å². The molecule has 0 radical (unpaired) electrons. The van der Waals surface area contributed by atoms with E-state index in [-0.39, 0.29) is 24.8 Å². The van der Waals surface area contributed by atoms with Gasteiger partial charge in [-0.3, -0.25) is 0 Å². The number of hydrogen-bond donors (Lipinski definition) is 0. The Bertz CT molecular complexity index is 554. The van der Waals surface area contributed by atoms with E-state index in [1.807, 2.05) is 0 Å². The molecule has 0 aliphatic carbocycles. The number of nitrogens with zero attached hydrogens (tertiary/aromatic N) is 1. The van der Waals surface area contributed by atoms with Gasteiger partial charge in [0, 0.05) is 19.0 Å². The van der Waals surface area contributed by atoms with Crippen LogP contribution in [0.15, 0.2) is 24.3 Å². The van der Waals surface area contributed by atoms with Crippen molar-refractivity contribution >= 4 is 5.97 Å². The summed E-state index contributed by atoms with van der Waals surface area (Å²) in [5.74, 6) is -2.94. The molecule has 23 heavy (non-hydrogen) atoms. The Balaban J connectivity index is 1.93. The topological polar surface area (TPSA) is 38.8 Å². The summed E-state index contributed by atoms with van der Waals surface area (Å²) < 4.78 is 76.1. The van der Waals surface area contributed by atoms with Gasteiger partial charge in [0.05, 0.1) is 0 Å². The van der Waals surface area contributed by atoms with Crippen LogP contribution >= 0.6 is 0 Å². The van der Waals surface area contributed by atoms with Crippen molar-refractivity contribution in [1.29, 1.82) is 0 Å². The molecule has 0 amide bonds. The predicted octanol–water partition coefficient (Wildman–Crippen LogP) is 3.40. The number of hydrogen-bond acceptors (Lipinski definition) is 4. The molecule has 0 bridgehead atoms. The number of halogens is 6. The van der Waals surface area contributed by atoms with E-state index in [0.29, 0.717) is 12.0 Å². The summed E-state index contributed by atoms with van der Waals surface area (Å²) in [5, 5.41) is 0.889. The molecule has 10 heteroatoms. The zero-order chi connectivity index (χ0) is 17.3. The van der Waals surface area contributed by atoms with Crippen LogP contribution in [0.2, 0.25) is 0 Å². The Hall–Kier alpha value is -1.97. The molecule has 1 aromatic carbocycles. The number of hydroxylamine groups is 2. The van der Waals surface area contributed by atoms with Gasteiger partial charge in [-0.05, 0) is 24.1 Å². The van der Waals surface area contributed by atoms with Crippen LogP contribution in [0.1, 0.15) is 17.9 Å². The number of rotatable bonds is 3. The minimum atomic E-state index is -5.07. The summed E-state index contributed by atoms with van der Waals surface area (Å²) in [5.41, 5.74) is 0.616. The molecule has 0 aromatic heterocycles. The summed E-state index contributed by atoms with van der Waals surface area (Å²) in [6.07, 6.45) is -9.46. The minimum absolute atomic E-state index is 0.0291. The molecular weight excluding hydrogens is 332 g/mol. The van der Waals surface area contributed by atoms with E-state index in [1.54, 1.807) is 0 Å². The lowest BCUT2D eigenvalue weighted by molar-refractivity contribution is -0.274. The molecule has 2 rings (SSSR count). The normalized spacial score (nSPS) is 19.7. The molecule has 1 saturated heterocycles. The molecule has 1 atom stereocenters. The third kappa shape index (κ3) is 5.02. The molecule has 1 aliphatic heterocycles. The quantitative estimate of drug-likeness (QED) is 0.789. The molecule has 1 fully saturated rings. The fourth-order valence-electron chi connectivity index (χ4n) is 2.19. The summed E-state index contributed by atoms with van der Waals surface area (Å²) >= 11 is 0. The van der Waals surface area contributed by atoms with Gasteiger partial charge in [-0.15, -0.1) is 18.2 Å². The van der Waals surface area contributed by atoms with E-state index < -0.39 is 18.5 Å². The van der Waals surface area contributed by atoms with E-state index >= 15 is 0 Å². The second kappa shape index (κ2) is 6.26. The zero-order valence-electron chi connectivity index (χ0n) is 11.4. The predicted molar refractivity (Wildman–Crippen MR) is 64.2 cm³/mol. The van der Waals surface area contributed by atoms with Gasteiger partial charge < -0.3 is 9.57 Å². The Morgan fingerprint density at radius 2 is 1.70 bits per heavy atom. The maximum absolute atomic E-state index is 12.1. The Morgan fingerprint density at radius 1 is 1.09 bits per heavy atom. The van der Waals surface area contributed by atoms with Crippen molar-refractivity contribution in [3.05, 3.63) is 29.8 Å². The van der Waals surface area contributed by atoms with Gasteiger partial charge in [0.1, 0.15) is 5.75 Å². The van der Waals surface area contributed by atoms with Crippen molar-refractivity contribution in [2.45, 2.75) is 24.9 Å². The second-order valence-electron chi connectivity index (χ2n) is 4.87. The van der Waals surface area contributed by atoms with Crippen molar-refractivity contribution in [3.8, 4) is 5.75 Å². The van der Waals surface area contributed by atoms with Gasteiger partial charge in [-0.25, -0.2) is 4.79 Å². The van der Waals surface area contributed by atoms with E-state index in [2.05, 4.69) is 9.57 Å². The van der Waals surface area contributed by atoms with E-state index in [4.69, 9.17) is 0 Å². The number of carbonyl (C=O) groups excluding carboxylic acids is 1. The summed E-state index contributed by atoms with van der Waals surface area (Å²) in [4.78, 5) is 14.9. The molecule has 1 aromatic rings. The largest absolute Gasteiger partial charge is 0.573 e. The van der Waals surface area contributed by atoms with Crippen molar-refractivity contribution in [2.24, 2.45) is 0 Å². The maximum Gasteiger partial charge on any atom is 0.573 e. The first-order valence-corrected chi connectivity index (χ1v) is 6.44. The average molecular weight is 343 g/mol. The van der Waals surface area contributed by atoms with Crippen LogP contribution in [-0.2, 0) is 9.63 Å². The monoisotopic (exact) mass is 343 g/mol. The lowest BCUT2D eigenvalue weighted by Crippen LogP contribution is -2.33. The molecule has 1 heterocycles. The highest BCUT2D eigenvalue weighted by molar-refractivity contribution is 5.75. The van der Waals surface area contributed by atoms with E-state index in [9.17, 15) is 31.1 Å². The van der Waals surface area contributed by atoms with E-state index in [0.717, 1.165) is 17.2 Å². The Kier molecular flexibility index (Phi) is 4.73. The Morgan fingerprint density at radius 3 is 2.22 bits per heavy atom. The lowest BCUT2D eigenvalue weighted by Gasteiger charge is -2.16. The highest BCUT2D eigenvalue weighted by Gasteiger charge is 2.43. The van der Waals surface area contributed by atoms with Crippen molar-refractivity contribution in [2.75, 3.05) is 13.1 Å². The average Bonchev–Trinajstić information content (AvgIpc) is 2.85. The van der Waals surface area contributed by atoms with Crippen LogP contribution < -0.4 is 4.74 Å². The van der Waals surface area contributed by atoms with Gasteiger partial charge in [0.25, 0.3) is 0 Å². The highest BCUT2D eigenvalue weighted by atomic mass is 19.4.